The van der Waals surface area contributed by atoms with Crippen molar-refractivity contribution in [3.63, 3.8) is 0 Å². The second-order valence-corrected chi connectivity index (χ2v) is 6.36. The van der Waals surface area contributed by atoms with Crippen LogP contribution < -0.4 is 0 Å². The first-order chi connectivity index (χ1) is 12.2. The fourth-order valence-electron chi connectivity index (χ4n) is 3.01. The lowest BCUT2D eigenvalue weighted by Crippen LogP contribution is -1.87. The van der Waals surface area contributed by atoms with Crippen molar-refractivity contribution < 1.29 is 8.78 Å². The van der Waals surface area contributed by atoms with E-state index in [9.17, 15) is 8.78 Å². The Morgan fingerprint density at radius 1 is 0.680 bits per heavy atom. The first-order valence-electron chi connectivity index (χ1n) is 8.82. The van der Waals surface area contributed by atoms with Crippen LogP contribution in [-0.4, -0.2) is 0 Å². The Morgan fingerprint density at radius 3 is 1.88 bits per heavy atom. The first-order valence-corrected chi connectivity index (χ1v) is 8.82. The zero-order valence-electron chi connectivity index (χ0n) is 14.4. The van der Waals surface area contributed by atoms with Gasteiger partial charge in [-0.3, -0.25) is 0 Å². The van der Waals surface area contributed by atoms with Crippen molar-refractivity contribution in [2.75, 3.05) is 0 Å². The van der Waals surface area contributed by atoms with Gasteiger partial charge in [0.25, 0.3) is 0 Å². The Bertz CT molecular complexity index is 818. The van der Waals surface area contributed by atoms with Gasteiger partial charge in [-0.2, -0.15) is 0 Å². The van der Waals surface area contributed by atoms with Gasteiger partial charge in [0.05, 0.1) is 0 Å². The van der Waals surface area contributed by atoms with E-state index in [1.54, 1.807) is 0 Å². The van der Waals surface area contributed by atoms with E-state index < -0.39 is 11.6 Å². The molecule has 0 bridgehead atoms. The van der Waals surface area contributed by atoms with Crippen LogP contribution in [0.1, 0.15) is 31.7 Å². The predicted molar refractivity (Wildman–Crippen MR) is 100 cm³/mol. The van der Waals surface area contributed by atoms with E-state index in [0.717, 1.165) is 29.2 Å². The average molecular weight is 336 g/mol. The fraction of sp³-hybridized carbons (Fsp3) is 0.217. The van der Waals surface area contributed by atoms with Crippen molar-refractivity contribution in [2.24, 2.45) is 0 Å². The van der Waals surface area contributed by atoms with Gasteiger partial charge in [-0.05, 0) is 47.2 Å². The fourth-order valence-corrected chi connectivity index (χ4v) is 3.01. The van der Waals surface area contributed by atoms with Crippen LogP contribution in [0.25, 0.3) is 22.3 Å². The summed E-state index contributed by atoms with van der Waals surface area (Å²) in [6.45, 7) is 2.21. The van der Waals surface area contributed by atoms with Crippen LogP contribution in [0.2, 0.25) is 0 Å². The summed E-state index contributed by atoms with van der Waals surface area (Å²) in [6, 6.07) is 20.0. The first kappa shape index (κ1) is 17.3. The molecule has 0 saturated carbocycles. The SMILES string of the molecule is CCCCCc1ccc(-c2ccc(-c3ccc(F)cc3F)cc2)cc1. The molecule has 0 aliphatic rings. The molecule has 0 aliphatic carbocycles. The highest BCUT2D eigenvalue weighted by Crippen LogP contribution is 2.27. The lowest BCUT2D eigenvalue weighted by Gasteiger charge is -2.07. The molecular weight excluding hydrogens is 314 g/mol. The zero-order chi connectivity index (χ0) is 17.6. The van der Waals surface area contributed by atoms with E-state index >= 15 is 0 Å². The summed E-state index contributed by atoms with van der Waals surface area (Å²) in [5.41, 5.74) is 4.76. The number of unbranched alkanes of at least 4 members (excludes halogenated alkanes) is 2. The number of halogens is 2. The molecule has 0 N–H and O–H groups in total. The number of hydrogen-bond donors (Lipinski definition) is 0. The zero-order valence-corrected chi connectivity index (χ0v) is 14.4. The molecule has 128 valence electrons. The monoisotopic (exact) mass is 336 g/mol. The van der Waals surface area contributed by atoms with Gasteiger partial charge in [0.1, 0.15) is 11.6 Å². The standard InChI is InChI=1S/C23H22F2/c1-2-3-4-5-17-6-8-18(9-7-17)19-10-12-20(13-11-19)22-15-14-21(24)16-23(22)25/h6-16H,2-5H2,1H3. The maximum Gasteiger partial charge on any atom is 0.133 e. The third-order valence-electron chi connectivity index (χ3n) is 4.48. The third kappa shape index (κ3) is 4.33. The highest BCUT2D eigenvalue weighted by molar-refractivity contribution is 5.70. The van der Waals surface area contributed by atoms with Gasteiger partial charge >= 0.3 is 0 Å². The van der Waals surface area contributed by atoms with Gasteiger partial charge in [0.15, 0.2) is 0 Å². The third-order valence-corrected chi connectivity index (χ3v) is 4.48. The molecule has 0 unspecified atom stereocenters. The van der Waals surface area contributed by atoms with Gasteiger partial charge in [0.2, 0.25) is 0 Å². The van der Waals surface area contributed by atoms with E-state index in [2.05, 4.69) is 31.2 Å². The average Bonchev–Trinajstić information content (AvgIpc) is 2.63. The van der Waals surface area contributed by atoms with Gasteiger partial charge < -0.3 is 0 Å². The van der Waals surface area contributed by atoms with Crippen molar-refractivity contribution in [1.82, 2.24) is 0 Å². The molecular formula is C23H22F2. The number of benzene rings is 3. The molecule has 3 aromatic carbocycles. The van der Waals surface area contributed by atoms with Crippen LogP contribution in [0, 0.1) is 11.6 Å². The van der Waals surface area contributed by atoms with Crippen LogP contribution in [0.4, 0.5) is 8.78 Å². The minimum atomic E-state index is -0.558. The lowest BCUT2D eigenvalue weighted by atomic mass is 9.98. The molecule has 0 saturated heterocycles. The molecule has 0 spiro atoms. The topological polar surface area (TPSA) is 0 Å². The summed E-state index contributed by atoms with van der Waals surface area (Å²) in [7, 11) is 0. The van der Waals surface area contributed by atoms with Crippen LogP contribution in [-0.2, 0) is 6.42 Å². The molecule has 3 rings (SSSR count). The summed E-state index contributed by atoms with van der Waals surface area (Å²) in [5.74, 6) is -1.10. The van der Waals surface area contributed by atoms with Gasteiger partial charge in [-0.15, -0.1) is 0 Å². The maximum atomic E-state index is 13.9. The highest BCUT2D eigenvalue weighted by atomic mass is 19.1. The Labute approximate surface area is 148 Å². The molecule has 0 fully saturated rings. The minimum Gasteiger partial charge on any atom is -0.207 e. The van der Waals surface area contributed by atoms with Gasteiger partial charge in [0, 0.05) is 11.6 Å². The number of hydrogen-bond acceptors (Lipinski definition) is 0. The Kier molecular flexibility index (Phi) is 5.60. The van der Waals surface area contributed by atoms with Crippen molar-refractivity contribution >= 4 is 0 Å². The normalized spacial score (nSPS) is 10.8. The van der Waals surface area contributed by atoms with Crippen LogP contribution in [0.15, 0.2) is 66.7 Å². The van der Waals surface area contributed by atoms with Gasteiger partial charge in [-0.1, -0.05) is 68.3 Å². The minimum absolute atomic E-state index is 0.416. The quantitative estimate of drug-likeness (QED) is 0.424. The molecule has 0 heterocycles. The molecule has 0 aromatic heterocycles. The molecule has 0 atom stereocenters. The van der Waals surface area contributed by atoms with E-state index in [4.69, 9.17) is 0 Å². The molecule has 3 aromatic rings. The smallest absolute Gasteiger partial charge is 0.133 e. The lowest BCUT2D eigenvalue weighted by molar-refractivity contribution is 0.585. The van der Waals surface area contributed by atoms with Gasteiger partial charge in [-0.25, -0.2) is 8.78 Å². The Balaban J connectivity index is 1.76. The van der Waals surface area contributed by atoms with E-state index in [1.807, 2.05) is 24.3 Å². The van der Waals surface area contributed by atoms with E-state index in [1.165, 1.54) is 37.0 Å². The number of aryl methyl sites for hydroxylation is 1. The van der Waals surface area contributed by atoms with Crippen LogP contribution in [0.5, 0.6) is 0 Å². The molecule has 0 nitrogen and oxygen atoms in total. The second kappa shape index (κ2) is 8.06. The predicted octanol–water partition coefficient (Wildman–Crippen LogP) is 7.03. The summed E-state index contributed by atoms with van der Waals surface area (Å²) < 4.78 is 26.9. The van der Waals surface area contributed by atoms with E-state index in [0.29, 0.717) is 5.56 Å². The van der Waals surface area contributed by atoms with Crippen LogP contribution >= 0.6 is 0 Å². The Morgan fingerprint density at radius 2 is 1.28 bits per heavy atom. The van der Waals surface area contributed by atoms with Crippen molar-refractivity contribution in [3.05, 3.63) is 83.9 Å². The molecule has 0 radical (unpaired) electrons. The summed E-state index contributed by atoms with van der Waals surface area (Å²) in [6.07, 6.45) is 4.85. The summed E-state index contributed by atoms with van der Waals surface area (Å²) in [5, 5.41) is 0. The second-order valence-electron chi connectivity index (χ2n) is 6.36. The molecule has 25 heavy (non-hydrogen) atoms. The van der Waals surface area contributed by atoms with Crippen LogP contribution in [0.3, 0.4) is 0 Å². The molecule has 2 heteroatoms. The Hall–Kier alpha value is -2.48. The van der Waals surface area contributed by atoms with Crippen molar-refractivity contribution in [1.29, 1.82) is 0 Å². The van der Waals surface area contributed by atoms with Crippen molar-refractivity contribution in [2.45, 2.75) is 32.6 Å². The maximum absolute atomic E-state index is 13.9. The summed E-state index contributed by atoms with van der Waals surface area (Å²) in [4.78, 5) is 0. The largest absolute Gasteiger partial charge is 0.207 e. The van der Waals surface area contributed by atoms with E-state index in [-0.39, 0.29) is 0 Å². The van der Waals surface area contributed by atoms with Crippen molar-refractivity contribution in [3.8, 4) is 22.3 Å². The highest BCUT2D eigenvalue weighted by Gasteiger charge is 2.07. The summed E-state index contributed by atoms with van der Waals surface area (Å²) >= 11 is 0. The molecule has 0 aliphatic heterocycles. The number of rotatable bonds is 6. The molecule has 0 amide bonds.